The van der Waals surface area contributed by atoms with Crippen LogP contribution in [-0.2, 0) is 19.4 Å². The first-order valence-corrected chi connectivity index (χ1v) is 7.62. The summed E-state index contributed by atoms with van der Waals surface area (Å²) in [6, 6.07) is 0. The minimum absolute atomic E-state index is 0.0410. The molecular formula is C11H21NO4S. The summed E-state index contributed by atoms with van der Waals surface area (Å²) in [7, 11) is -1.79. The zero-order valence-electron chi connectivity index (χ0n) is 10.9. The lowest BCUT2D eigenvalue weighted by atomic mass is 10.1. The Bertz CT molecular complexity index is 382. The summed E-state index contributed by atoms with van der Waals surface area (Å²) in [6.45, 7) is 4.06. The summed E-state index contributed by atoms with van der Waals surface area (Å²) < 4.78 is 27.2. The first kappa shape index (κ1) is 14.4. The van der Waals surface area contributed by atoms with Crippen LogP contribution in [0.4, 0.5) is 0 Å². The van der Waals surface area contributed by atoms with Crippen molar-refractivity contribution in [2.75, 3.05) is 26.5 Å². The maximum atomic E-state index is 12.1. The van der Waals surface area contributed by atoms with E-state index in [0.717, 1.165) is 25.7 Å². The van der Waals surface area contributed by atoms with E-state index in [2.05, 4.69) is 0 Å². The van der Waals surface area contributed by atoms with E-state index < -0.39 is 14.6 Å². The molecule has 0 bridgehead atoms. The normalized spacial score (nSPS) is 21.5. The van der Waals surface area contributed by atoms with Gasteiger partial charge in [-0.25, -0.2) is 8.42 Å². The molecule has 1 aliphatic rings. The Balaban J connectivity index is 2.69. The number of carbonyl (C=O) groups is 1. The van der Waals surface area contributed by atoms with Crippen molar-refractivity contribution in [3.63, 3.8) is 0 Å². The minimum Gasteiger partial charge on any atom is -0.376 e. The smallest absolute Gasteiger partial charge is 0.243 e. The van der Waals surface area contributed by atoms with Crippen LogP contribution >= 0.6 is 0 Å². The monoisotopic (exact) mass is 263 g/mol. The van der Waals surface area contributed by atoms with Gasteiger partial charge in [-0.3, -0.25) is 4.79 Å². The molecule has 0 aromatic rings. The van der Waals surface area contributed by atoms with Crippen LogP contribution in [0.2, 0.25) is 0 Å². The number of nitrogens with zero attached hydrogens (tertiary/aromatic N) is 1. The molecule has 1 fully saturated rings. The van der Waals surface area contributed by atoms with Crippen molar-refractivity contribution in [1.82, 2.24) is 4.90 Å². The molecule has 1 aliphatic heterocycles. The Labute approximate surface area is 103 Å². The van der Waals surface area contributed by atoms with Gasteiger partial charge in [0.2, 0.25) is 5.91 Å². The molecule has 1 heterocycles. The van der Waals surface area contributed by atoms with Gasteiger partial charge in [0, 0.05) is 26.5 Å². The zero-order chi connectivity index (χ0) is 13.3. The topological polar surface area (TPSA) is 63.7 Å². The fourth-order valence-corrected chi connectivity index (χ4v) is 2.27. The standard InChI is InChI=1S/C11H21NO4S/c1-11(2,17(4,14)15)10(13)12(3)8-9-6-5-7-16-9/h9H,5-8H2,1-4H3/t9-/m1/s1. The molecule has 0 aliphatic carbocycles. The fourth-order valence-electron chi connectivity index (χ4n) is 1.79. The SMILES string of the molecule is CN(C[C@H]1CCCO1)C(=O)C(C)(C)S(C)(=O)=O. The lowest BCUT2D eigenvalue weighted by Gasteiger charge is -2.29. The second-order valence-electron chi connectivity index (χ2n) is 5.10. The molecular weight excluding hydrogens is 242 g/mol. The maximum absolute atomic E-state index is 12.1. The van der Waals surface area contributed by atoms with Crippen molar-refractivity contribution >= 4 is 15.7 Å². The van der Waals surface area contributed by atoms with Crippen LogP contribution in [0.3, 0.4) is 0 Å². The van der Waals surface area contributed by atoms with Crippen LogP contribution < -0.4 is 0 Å². The van der Waals surface area contributed by atoms with Gasteiger partial charge in [0.25, 0.3) is 0 Å². The van der Waals surface area contributed by atoms with Gasteiger partial charge >= 0.3 is 0 Å². The summed E-state index contributed by atoms with van der Waals surface area (Å²) >= 11 is 0. The van der Waals surface area contributed by atoms with E-state index >= 15 is 0 Å². The Morgan fingerprint density at radius 1 is 1.47 bits per heavy atom. The van der Waals surface area contributed by atoms with Crippen molar-refractivity contribution in [1.29, 1.82) is 0 Å². The summed E-state index contributed by atoms with van der Waals surface area (Å²) in [4.78, 5) is 13.5. The molecule has 0 aromatic carbocycles. The second-order valence-corrected chi connectivity index (χ2v) is 7.67. The summed E-state index contributed by atoms with van der Waals surface area (Å²) in [5, 5.41) is 0. The number of hydrogen-bond acceptors (Lipinski definition) is 4. The first-order valence-electron chi connectivity index (χ1n) is 5.73. The number of amides is 1. The molecule has 6 heteroatoms. The lowest BCUT2D eigenvalue weighted by Crippen LogP contribution is -2.50. The van der Waals surface area contributed by atoms with E-state index in [0.29, 0.717) is 6.54 Å². The molecule has 0 aromatic heterocycles. The third-order valence-corrected chi connectivity index (χ3v) is 5.32. The van der Waals surface area contributed by atoms with Crippen molar-refractivity contribution in [3.8, 4) is 0 Å². The summed E-state index contributed by atoms with van der Waals surface area (Å²) in [5.41, 5.74) is 0. The van der Waals surface area contributed by atoms with Gasteiger partial charge in [-0.05, 0) is 26.7 Å². The van der Waals surface area contributed by atoms with Crippen molar-refractivity contribution in [3.05, 3.63) is 0 Å². The van der Waals surface area contributed by atoms with Gasteiger partial charge in [0.05, 0.1) is 6.10 Å². The third-order valence-electron chi connectivity index (χ3n) is 3.29. The van der Waals surface area contributed by atoms with Crippen LogP contribution in [0.25, 0.3) is 0 Å². The highest BCUT2D eigenvalue weighted by atomic mass is 32.2. The highest BCUT2D eigenvalue weighted by Gasteiger charge is 2.40. The number of carbonyl (C=O) groups excluding carboxylic acids is 1. The van der Waals surface area contributed by atoms with Crippen molar-refractivity contribution < 1.29 is 17.9 Å². The Hall–Kier alpha value is -0.620. The van der Waals surface area contributed by atoms with Crippen molar-refractivity contribution in [2.45, 2.75) is 37.5 Å². The Morgan fingerprint density at radius 2 is 2.06 bits per heavy atom. The highest BCUT2D eigenvalue weighted by Crippen LogP contribution is 2.20. The Kier molecular flexibility index (Phi) is 4.19. The van der Waals surface area contributed by atoms with E-state index in [4.69, 9.17) is 4.74 Å². The second kappa shape index (κ2) is 4.94. The first-order chi connectivity index (χ1) is 7.66. The average Bonchev–Trinajstić information content (AvgIpc) is 2.67. The summed E-state index contributed by atoms with van der Waals surface area (Å²) in [5.74, 6) is -0.379. The summed E-state index contributed by atoms with van der Waals surface area (Å²) in [6.07, 6.45) is 3.06. The molecule has 0 spiro atoms. The van der Waals surface area contributed by atoms with Gasteiger partial charge in [0.15, 0.2) is 9.84 Å². The molecule has 1 rings (SSSR count). The van der Waals surface area contributed by atoms with Crippen LogP contribution in [0.15, 0.2) is 0 Å². The van der Waals surface area contributed by atoms with E-state index in [1.807, 2.05) is 0 Å². The van der Waals surface area contributed by atoms with Crippen LogP contribution in [0, 0.1) is 0 Å². The number of hydrogen-bond donors (Lipinski definition) is 0. The molecule has 1 amide bonds. The number of ether oxygens (including phenoxy) is 1. The third kappa shape index (κ3) is 3.19. The molecule has 17 heavy (non-hydrogen) atoms. The fraction of sp³-hybridized carbons (Fsp3) is 0.909. The van der Waals surface area contributed by atoms with E-state index in [1.165, 1.54) is 18.7 Å². The van der Waals surface area contributed by atoms with Gasteiger partial charge in [0.1, 0.15) is 4.75 Å². The highest BCUT2D eigenvalue weighted by molar-refractivity contribution is 7.92. The molecule has 1 atom stereocenters. The predicted molar refractivity (Wildman–Crippen MR) is 65.5 cm³/mol. The van der Waals surface area contributed by atoms with E-state index in [1.54, 1.807) is 7.05 Å². The minimum atomic E-state index is -3.41. The molecule has 100 valence electrons. The van der Waals surface area contributed by atoms with E-state index in [9.17, 15) is 13.2 Å². The van der Waals surface area contributed by atoms with E-state index in [-0.39, 0.29) is 12.0 Å². The largest absolute Gasteiger partial charge is 0.376 e. The molecule has 5 nitrogen and oxygen atoms in total. The van der Waals surface area contributed by atoms with Gasteiger partial charge in [-0.2, -0.15) is 0 Å². The molecule has 0 saturated carbocycles. The van der Waals surface area contributed by atoms with Crippen molar-refractivity contribution in [2.24, 2.45) is 0 Å². The predicted octanol–water partition coefficient (Wildman–Crippen LogP) is 0.447. The van der Waals surface area contributed by atoms with Crippen LogP contribution in [0.1, 0.15) is 26.7 Å². The number of sulfone groups is 1. The molecule has 1 saturated heterocycles. The van der Waals surface area contributed by atoms with Gasteiger partial charge < -0.3 is 9.64 Å². The quantitative estimate of drug-likeness (QED) is 0.738. The zero-order valence-corrected chi connectivity index (χ0v) is 11.7. The van der Waals surface area contributed by atoms with Crippen LogP contribution in [0.5, 0.6) is 0 Å². The average molecular weight is 263 g/mol. The Morgan fingerprint density at radius 3 is 2.47 bits per heavy atom. The van der Waals surface area contributed by atoms with Gasteiger partial charge in [-0.1, -0.05) is 0 Å². The molecule has 0 N–H and O–H groups in total. The van der Waals surface area contributed by atoms with Gasteiger partial charge in [-0.15, -0.1) is 0 Å². The molecule has 0 radical (unpaired) electrons. The lowest BCUT2D eigenvalue weighted by molar-refractivity contribution is -0.133. The molecule has 0 unspecified atom stereocenters. The maximum Gasteiger partial charge on any atom is 0.243 e. The number of likely N-dealkylation sites (N-methyl/N-ethyl adjacent to an activating group) is 1. The number of rotatable bonds is 4. The van der Waals surface area contributed by atoms with Crippen LogP contribution in [-0.4, -0.2) is 56.5 Å².